The van der Waals surface area contributed by atoms with Crippen LogP contribution in [0.5, 0.6) is 0 Å². The van der Waals surface area contributed by atoms with Crippen molar-refractivity contribution in [2.24, 2.45) is 0 Å². The standard InChI is InChI=1S/C19H18F2N4O3S/c20-14-8-9-16(21)17(12-14)29(27,28)22-10-11-24-19(26)25(15-4-2-1-3-5-15)18(23-24)13-6-7-13/h1-5,8-9,12-13,22H,6-7,10-11H2. The zero-order valence-electron chi connectivity index (χ0n) is 15.3. The lowest BCUT2D eigenvalue weighted by Crippen LogP contribution is -2.32. The molecule has 1 N–H and O–H groups in total. The summed E-state index contributed by atoms with van der Waals surface area (Å²) in [7, 11) is -4.27. The molecule has 3 aromatic rings. The predicted octanol–water partition coefficient (Wildman–Crippen LogP) is 2.17. The largest absolute Gasteiger partial charge is 0.350 e. The fourth-order valence-corrected chi connectivity index (χ4v) is 4.15. The van der Waals surface area contributed by atoms with Crippen LogP contribution in [0.25, 0.3) is 5.69 Å². The predicted molar refractivity (Wildman–Crippen MR) is 101 cm³/mol. The van der Waals surface area contributed by atoms with Gasteiger partial charge in [0.15, 0.2) is 0 Å². The van der Waals surface area contributed by atoms with Crippen LogP contribution < -0.4 is 10.4 Å². The second kappa shape index (κ2) is 7.53. The minimum absolute atomic E-state index is 0.0471. The molecule has 0 atom stereocenters. The quantitative estimate of drug-likeness (QED) is 0.635. The van der Waals surface area contributed by atoms with E-state index >= 15 is 0 Å². The second-order valence-corrected chi connectivity index (χ2v) is 8.52. The first-order valence-electron chi connectivity index (χ1n) is 9.07. The van der Waals surface area contributed by atoms with Crippen molar-refractivity contribution in [3.63, 3.8) is 0 Å². The highest BCUT2D eigenvalue weighted by atomic mass is 32.2. The lowest BCUT2D eigenvalue weighted by molar-refractivity contribution is 0.533. The second-order valence-electron chi connectivity index (χ2n) is 6.78. The fourth-order valence-electron chi connectivity index (χ4n) is 3.04. The molecule has 1 saturated carbocycles. The van der Waals surface area contributed by atoms with Gasteiger partial charge in [0, 0.05) is 12.5 Å². The highest BCUT2D eigenvalue weighted by molar-refractivity contribution is 7.89. The maximum absolute atomic E-state index is 13.8. The number of rotatable bonds is 7. The molecule has 1 fully saturated rings. The van der Waals surface area contributed by atoms with Crippen molar-refractivity contribution in [3.8, 4) is 5.69 Å². The van der Waals surface area contributed by atoms with E-state index in [2.05, 4.69) is 9.82 Å². The minimum atomic E-state index is -4.27. The molecule has 4 rings (SSSR count). The highest BCUT2D eigenvalue weighted by Crippen LogP contribution is 2.39. The van der Waals surface area contributed by atoms with Crippen LogP contribution in [-0.2, 0) is 16.6 Å². The number of nitrogens with one attached hydrogen (secondary N) is 1. The van der Waals surface area contributed by atoms with Gasteiger partial charge in [-0.25, -0.2) is 36.0 Å². The van der Waals surface area contributed by atoms with Crippen molar-refractivity contribution in [1.82, 2.24) is 19.1 Å². The summed E-state index contributed by atoms with van der Waals surface area (Å²) in [6.07, 6.45) is 1.88. The number of hydrogen-bond acceptors (Lipinski definition) is 4. The zero-order valence-corrected chi connectivity index (χ0v) is 16.1. The van der Waals surface area contributed by atoms with Gasteiger partial charge in [0.25, 0.3) is 0 Å². The van der Waals surface area contributed by atoms with E-state index in [-0.39, 0.29) is 24.7 Å². The van der Waals surface area contributed by atoms with Gasteiger partial charge in [-0.3, -0.25) is 0 Å². The number of sulfonamides is 1. The molecule has 10 heteroatoms. The van der Waals surface area contributed by atoms with E-state index in [0.29, 0.717) is 17.6 Å². The lowest BCUT2D eigenvalue weighted by atomic mass is 10.3. The van der Waals surface area contributed by atoms with E-state index in [1.807, 2.05) is 18.2 Å². The third kappa shape index (κ3) is 3.99. The molecule has 0 spiro atoms. The van der Waals surface area contributed by atoms with Crippen LogP contribution in [0.2, 0.25) is 0 Å². The highest BCUT2D eigenvalue weighted by Gasteiger charge is 2.31. The van der Waals surface area contributed by atoms with Crippen LogP contribution >= 0.6 is 0 Å². The Kier molecular flexibility index (Phi) is 5.05. The van der Waals surface area contributed by atoms with Crippen molar-refractivity contribution in [3.05, 3.63) is 76.5 Å². The van der Waals surface area contributed by atoms with Crippen LogP contribution in [0.4, 0.5) is 8.78 Å². The van der Waals surface area contributed by atoms with Crippen LogP contribution in [0.15, 0.2) is 58.2 Å². The van der Waals surface area contributed by atoms with Gasteiger partial charge in [0.2, 0.25) is 10.0 Å². The Labute approximate surface area is 165 Å². The number of hydrogen-bond donors (Lipinski definition) is 1. The summed E-state index contributed by atoms with van der Waals surface area (Å²) in [6, 6.07) is 11.3. The minimum Gasteiger partial charge on any atom is -0.247 e. The van der Waals surface area contributed by atoms with Gasteiger partial charge in [-0.1, -0.05) is 18.2 Å². The molecule has 0 amide bonds. The first kappa shape index (κ1) is 19.5. The molecule has 0 radical (unpaired) electrons. The first-order chi connectivity index (χ1) is 13.9. The number of aromatic nitrogens is 3. The molecule has 7 nitrogen and oxygen atoms in total. The Morgan fingerprint density at radius 1 is 1.10 bits per heavy atom. The van der Waals surface area contributed by atoms with E-state index in [1.165, 1.54) is 9.25 Å². The van der Waals surface area contributed by atoms with Gasteiger partial charge in [-0.2, -0.15) is 5.10 Å². The van der Waals surface area contributed by atoms with Crippen molar-refractivity contribution in [2.45, 2.75) is 30.2 Å². The summed E-state index contributed by atoms with van der Waals surface area (Å²) in [5, 5.41) is 4.37. The zero-order chi connectivity index (χ0) is 20.6. The van der Waals surface area contributed by atoms with Crippen LogP contribution in [0.3, 0.4) is 0 Å². The number of benzene rings is 2. The molecule has 0 saturated heterocycles. The summed E-state index contributed by atoms with van der Waals surface area (Å²) in [4.78, 5) is 12.0. The molecule has 0 bridgehead atoms. The lowest BCUT2D eigenvalue weighted by Gasteiger charge is -2.07. The maximum Gasteiger partial charge on any atom is 0.350 e. The molecular weight excluding hydrogens is 402 g/mol. The van der Waals surface area contributed by atoms with Gasteiger partial charge in [-0.05, 0) is 43.2 Å². The monoisotopic (exact) mass is 420 g/mol. The normalized spacial score (nSPS) is 14.3. The maximum atomic E-state index is 13.8. The Bertz CT molecular complexity index is 1200. The van der Waals surface area contributed by atoms with Crippen LogP contribution in [0, 0.1) is 11.6 Å². The average Bonchev–Trinajstić information content (AvgIpc) is 3.49. The number of nitrogens with zero attached hydrogens (tertiary/aromatic N) is 3. The average molecular weight is 420 g/mol. The fraction of sp³-hybridized carbons (Fsp3) is 0.263. The Morgan fingerprint density at radius 2 is 1.83 bits per heavy atom. The first-order valence-corrected chi connectivity index (χ1v) is 10.5. The molecule has 1 heterocycles. The SMILES string of the molecule is O=c1n(CCNS(=O)(=O)c2cc(F)ccc2F)nc(C2CC2)n1-c1ccccc1. The molecule has 152 valence electrons. The Hall–Kier alpha value is -2.85. The Morgan fingerprint density at radius 3 is 2.52 bits per heavy atom. The van der Waals surface area contributed by atoms with Crippen molar-refractivity contribution >= 4 is 10.0 Å². The molecular formula is C19H18F2N4O3S. The molecule has 1 aliphatic carbocycles. The van der Waals surface area contributed by atoms with E-state index in [1.54, 1.807) is 12.1 Å². The van der Waals surface area contributed by atoms with Gasteiger partial charge in [0.1, 0.15) is 22.4 Å². The molecule has 0 unspecified atom stereocenters. The van der Waals surface area contributed by atoms with E-state index < -0.39 is 26.6 Å². The van der Waals surface area contributed by atoms with Crippen molar-refractivity contribution in [1.29, 1.82) is 0 Å². The van der Waals surface area contributed by atoms with E-state index in [4.69, 9.17) is 0 Å². The van der Waals surface area contributed by atoms with Gasteiger partial charge in [0.05, 0.1) is 12.2 Å². The molecule has 1 aromatic heterocycles. The van der Waals surface area contributed by atoms with Gasteiger partial charge in [-0.15, -0.1) is 0 Å². The van der Waals surface area contributed by atoms with E-state index in [9.17, 15) is 22.0 Å². The smallest absolute Gasteiger partial charge is 0.247 e. The van der Waals surface area contributed by atoms with Crippen LogP contribution in [-0.4, -0.2) is 29.3 Å². The van der Waals surface area contributed by atoms with E-state index in [0.717, 1.165) is 25.0 Å². The summed E-state index contributed by atoms with van der Waals surface area (Å²) >= 11 is 0. The number of halogens is 2. The molecule has 1 aliphatic rings. The summed E-state index contributed by atoms with van der Waals surface area (Å²) in [6.45, 7) is -0.247. The van der Waals surface area contributed by atoms with Crippen LogP contribution in [0.1, 0.15) is 24.6 Å². The number of para-hydroxylation sites is 1. The van der Waals surface area contributed by atoms with Gasteiger partial charge >= 0.3 is 5.69 Å². The summed E-state index contributed by atoms with van der Waals surface area (Å²) < 4.78 is 56.5. The third-order valence-corrected chi connectivity index (χ3v) is 6.10. The summed E-state index contributed by atoms with van der Waals surface area (Å²) in [5.41, 5.74) is 0.308. The topological polar surface area (TPSA) is 86.0 Å². The van der Waals surface area contributed by atoms with Gasteiger partial charge < -0.3 is 0 Å². The Balaban J connectivity index is 1.55. The molecule has 2 aromatic carbocycles. The summed E-state index contributed by atoms with van der Waals surface area (Å²) in [5.74, 6) is -1.08. The molecule has 0 aliphatic heterocycles. The van der Waals surface area contributed by atoms with Crippen molar-refractivity contribution in [2.75, 3.05) is 6.54 Å². The molecule has 29 heavy (non-hydrogen) atoms. The van der Waals surface area contributed by atoms with Crippen molar-refractivity contribution < 1.29 is 17.2 Å². The third-order valence-electron chi connectivity index (χ3n) is 4.62.